The van der Waals surface area contributed by atoms with Crippen LogP contribution >= 0.6 is 0 Å². The third-order valence-electron chi connectivity index (χ3n) is 12.9. The first-order valence-electron chi connectivity index (χ1n) is 29.2. The van der Waals surface area contributed by atoms with Crippen molar-refractivity contribution in [2.45, 2.75) is 309 Å². The second-order valence-electron chi connectivity index (χ2n) is 19.6. The van der Waals surface area contributed by atoms with E-state index >= 15 is 0 Å². The Hall–Kier alpha value is -2.63. The summed E-state index contributed by atoms with van der Waals surface area (Å²) in [6.07, 6.45) is 68.1. The van der Waals surface area contributed by atoms with Crippen molar-refractivity contribution in [3.63, 3.8) is 0 Å². The highest BCUT2D eigenvalue weighted by atomic mass is 16.6. The Bertz CT molecular complexity index is 1170. The fraction of sp³-hybridized carbons (Fsp3) is 0.820. The van der Waals surface area contributed by atoms with Crippen LogP contribution in [0.2, 0.25) is 0 Å². The van der Waals surface area contributed by atoms with E-state index in [2.05, 4.69) is 51.2 Å². The number of hydrogen-bond donors (Lipinski definition) is 0. The SMILES string of the molecule is CC\C=C/C=C\C=C/C=C\CCCCCCCC(=O)OCC(COC(=O)CCCCCCCCCCCCCCCCCCCC)OC(=O)CCCCCCCCCCCCCCCCCC. The smallest absolute Gasteiger partial charge is 0.306 e. The molecule has 0 saturated carbocycles. The van der Waals surface area contributed by atoms with Gasteiger partial charge in [-0.1, -0.05) is 294 Å². The van der Waals surface area contributed by atoms with E-state index in [4.69, 9.17) is 14.2 Å². The van der Waals surface area contributed by atoms with Crippen molar-refractivity contribution in [3.05, 3.63) is 48.6 Å². The number of allylic oxidation sites excluding steroid dienone is 8. The minimum Gasteiger partial charge on any atom is -0.462 e. The number of carbonyl (C=O) groups is 3. The first-order valence-corrected chi connectivity index (χ1v) is 29.2. The van der Waals surface area contributed by atoms with E-state index in [9.17, 15) is 14.4 Å². The molecule has 0 fully saturated rings. The molecule has 67 heavy (non-hydrogen) atoms. The normalized spacial score (nSPS) is 12.3. The van der Waals surface area contributed by atoms with Crippen LogP contribution in [0.4, 0.5) is 0 Å². The Morgan fingerprint density at radius 1 is 0.313 bits per heavy atom. The molecular formula is C61H110O6. The standard InChI is InChI=1S/C61H110O6/c1-4-7-10-13-16-19-22-25-28-30-31-34-36-39-42-45-48-51-54-60(63)66-57-58(56-65-59(62)53-50-47-44-41-38-35-32-27-24-21-18-15-12-9-6-3)67-61(64)55-52-49-46-43-40-37-33-29-26-23-20-17-14-11-8-5-2/h9,12,15,18,21,24,27,32,58H,4-8,10-11,13-14,16-17,19-20,22-23,25-26,28-31,33-57H2,1-3H3/b12-9-,18-15-,24-21-,32-27-. The largest absolute Gasteiger partial charge is 0.462 e. The minimum absolute atomic E-state index is 0.0763. The topological polar surface area (TPSA) is 78.9 Å². The molecule has 0 aliphatic carbocycles. The van der Waals surface area contributed by atoms with Crippen LogP contribution in [0, 0.1) is 0 Å². The maximum absolute atomic E-state index is 12.9. The maximum atomic E-state index is 12.9. The summed E-state index contributed by atoms with van der Waals surface area (Å²) < 4.78 is 16.9. The molecule has 6 nitrogen and oxygen atoms in total. The summed E-state index contributed by atoms with van der Waals surface area (Å²) in [5, 5.41) is 0. The van der Waals surface area contributed by atoms with Gasteiger partial charge >= 0.3 is 17.9 Å². The van der Waals surface area contributed by atoms with E-state index in [1.54, 1.807) is 0 Å². The van der Waals surface area contributed by atoms with Crippen molar-refractivity contribution < 1.29 is 28.6 Å². The molecule has 1 atom stereocenters. The molecule has 0 spiro atoms. The summed E-state index contributed by atoms with van der Waals surface area (Å²) in [7, 11) is 0. The van der Waals surface area contributed by atoms with E-state index in [-0.39, 0.29) is 31.1 Å². The molecule has 0 heterocycles. The van der Waals surface area contributed by atoms with Crippen LogP contribution in [-0.4, -0.2) is 37.2 Å². The molecule has 0 aliphatic rings. The Morgan fingerprint density at radius 3 is 0.910 bits per heavy atom. The lowest BCUT2D eigenvalue weighted by Crippen LogP contribution is -2.30. The van der Waals surface area contributed by atoms with E-state index < -0.39 is 6.10 Å². The fourth-order valence-electron chi connectivity index (χ4n) is 8.57. The highest BCUT2D eigenvalue weighted by molar-refractivity contribution is 5.71. The number of esters is 3. The Labute approximate surface area is 416 Å². The van der Waals surface area contributed by atoms with Crippen LogP contribution in [0.5, 0.6) is 0 Å². The van der Waals surface area contributed by atoms with E-state index in [1.807, 2.05) is 18.2 Å². The summed E-state index contributed by atoms with van der Waals surface area (Å²) in [5.41, 5.74) is 0. The molecule has 0 bridgehead atoms. The first kappa shape index (κ1) is 64.4. The van der Waals surface area contributed by atoms with Crippen LogP contribution < -0.4 is 0 Å². The molecule has 0 radical (unpaired) electrons. The predicted molar refractivity (Wildman–Crippen MR) is 289 cm³/mol. The minimum atomic E-state index is -0.779. The van der Waals surface area contributed by atoms with Gasteiger partial charge in [0.05, 0.1) is 0 Å². The third kappa shape index (κ3) is 54.2. The van der Waals surface area contributed by atoms with Crippen molar-refractivity contribution in [2.75, 3.05) is 13.2 Å². The second kappa shape index (κ2) is 56.0. The molecule has 0 aromatic carbocycles. The van der Waals surface area contributed by atoms with Gasteiger partial charge in [-0.2, -0.15) is 0 Å². The number of ether oxygens (including phenoxy) is 3. The summed E-state index contributed by atoms with van der Waals surface area (Å²) in [5.74, 6) is -0.882. The van der Waals surface area contributed by atoms with Gasteiger partial charge in [0.2, 0.25) is 0 Å². The molecular weight excluding hydrogens is 829 g/mol. The van der Waals surface area contributed by atoms with Gasteiger partial charge in [0.1, 0.15) is 13.2 Å². The number of rotatable bonds is 53. The molecule has 0 aromatic heterocycles. The van der Waals surface area contributed by atoms with Crippen molar-refractivity contribution in [1.29, 1.82) is 0 Å². The van der Waals surface area contributed by atoms with Gasteiger partial charge < -0.3 is 14.2 Å². The summed E-state index contributed by atoms with van der Waals surface area (Å²) in [6, 6.07) is 0. The third-order valence-corrected chi connectivity index (χ3v) is 12.9. The van der Waals surface area contributed by atoms with Gasteiger partial charge in [-0.15, -0.1) is 0 Å². The monoisotopic (exact) mass is 939 g/mol. The van der Waals surface area contributed by atoms with Crippen molar-refractivity contribution in [3.8, 4) is 0 Å². The lowest BCUT2D eigenvalue weighted by atomic mass is 10.0. The molecule has 0 aromatic rings. The van der Waals surface area contributed by atoms with Gasteiger partial charge in [-0.3, -0.25) is 14.4 Å². The zero-order chi connectivity index (χ0) is 48.6. The van der Waals surface area contributed by atoms with Crippen molar-refractivity contribution >= 4 is 17.9 Å². The molecule has 0 rings (SSSR count). The van der Waals surface area contributed by atoms with Crippen molar-refractivity contribution in [2.24, 2.45) is 0 Å². The summed E-state index contributed by atoms with van der Waals surface area (Å²) in [6.45, 7) is 6.53. The number of unbranched alkanes of at least 4 members (excludes halogenated alkanes) is 37. The Morgan fingerprint density at radius 2 is 0.582 bits per heavy atom. The highest BCUT2D eigenvalue weighted by Crippen LogP contribution is 2.17. The van der Waals surface area contributed by atoms with Crippen LogP contribution in [0.1, 0.15) is 303 Å². The van der Waals surface area contributed by atoms with Gasteiger partial charge in [-0.05, 0) is 38.5 Å². The number of hydrogen-bond acceptors (Lipinski definition) is 6. The molecule has 0 saturated heterocycles. The summed E-state index contributed by atoms with van der Waals surface area (Å²) in [4.78, 5) is 38.2. The van der Waals surface area contributed by atoms with Crippen LogP contribution in [0.15, 0.2) is 48.6 Å². The molecule has 0 aliphatic heterocycles. The predicted octanol–water partition coefficient (Wildman–Crippen LogP) is 19.4. The van der Waals surface area contributed by atoms with Crippen LogP contribution in [-0.2, 0) is 28.6 Å². The lowest BCUT2D eigenvalue weighted by molar-refractivity contribution is -0.167. The molecule has 1 unspecified atom stereocenters. The zero-order valence-electron chi connectivity index (χ0n) is 44.7. The van der Waals surface area contributed by atoms with Gasteiger partial charge in [-0.25, -0.2) is 0 Å². The van der Waals surface area contributed by atoms with Gasteiger partial charge in [0.25, 0.3) is 0 Å². The lowest BCUT2D eigenvalue weighted by Gasteiger charge is -2.18. The number of carbonyl (C=O) groups excluding carboxylic acids is 3. The average molecular weight is 940 g/mol. The summed E-state index contributed by atoms with van der Waals surface area (Å²) >= 11 is 0. The second-order valence-corrected chi connectivity index (χ2v) is 19.6. The van der Waals surface area contributed by atoms with E-state index in [0.717, 1.165) is 83.5 Å². The van der Waals surface area contributed by atoms with Crippen LogP contribution in [0.25, 0.3) is 0 Å². The Balaban J connectivity index is 4.35. The van der Waals surface area contributed by atoms with Gasteiger partial charge in [0.15, 0.2) is 6.10 Å². The molecule has 0 amide bonds. The van der Waals surface area contributed by atoms with Crippen molar-refractivity contribution in [1.82, 2.24) is 0 Å². The van der Waals surface area contributed by atoms with E-state index in [1.165, 1.54) is 180 Å². The first-order chi connectivity index (χ1) is 33.0. The molecule has 0 N–H and O–H groups in total. The fourth-order valence-corrected chi connectivity index (χ4v) is 8.57. The quantitative estimate of drug-likeness (QED) is 0.0262. The van der Waals surface area contributed by atoms with E-state index in [0.29, 0.717) is 19.3 Å². The molecule has 6 heteroatoms. The molecule has 390 valence electrons. The zero-order valence-corrected chi connectivity index (χ0v) is 44.7. The highest BCUT2D eigenvalue weighted by Gasteiger charge is 2.19. The van der Waals surface area contributed by atoms with Crippen LogP contribution in [0.3, 0.4) is 0 Å². The average Bonchev–Trinajstić information content (AvgIpc) is 3.33. The maximum Gasteiger partial charge on any atom is 0.306 e. The van der Waals surface area contributed by atoms with Gasteiger partial charge in [0, 0.05) is 19.3 Å². The Kier molecular flexibility index (Phi) is 53.8.